The summed E-state index contributed by atoms with van der Waals surface area (Å²) in [6, 6.07) is 0. The van der Waals surface area contributed by atoms with E-state index in [0.29, 0.717) is 0 Å². The van der Waals surface area contributed by atoms with Crippen LogP contribution in [0.4, 0.5) is 5.82 Å². The molecule has 0 bridgehead atoms. The molecular formula is C16H29N5. The predicted octanol–water partition coefficient (Wildman–Crippen LogP) is 1.75. The Morgan fingerprint density at radius 2 is 2.05 bits per heavy atom. The molecule has 118 valence electrons. The third kappa shape index (κ3) is 5.25. The molecule has 2 heterocycles. The van der Waals surface area contributed by atoms with Crippen LogP contribution in [0.5, 0.6) is 0 Å². The minimum absolute atomic E-state index is 0.811. The van der Waals surface area contributed by atoms with Crippen LogP contribution >= 0.6 is 0 Å². The van der Waals surface area contributed by atoms with Crippen molar-refractivity contribution in [1.29, 1.82) is 0 Å². The van der Waals surface area contributed by atoms with Gasteiger partial charge in [-0.2, -0.15) is 0 Å². The highest BCUT2D eigenvalue weighted by Gasteiger charge is 2.20. The highest BCUT2D eigenvalue weighted by Crippen LogP contribution is 2.21. The summed E-state index contributed by atoms with van der Waals surface area (Å²) in [5.41, 5.74) is 1.04. The van der Waals surface area contributed by atoms with Gasteiger partial charge in [0.15, 0.2) is 0 Å². The molecule has 0 radical (unpaired) electrons. The van der Waals surface area contributed by atoms with Gasteiger partial charge in [0.25, 0.3) is 0 Å². The smallest absolute Gasteiger partial charge is 0.147 e. The Balaban J connectivity index is 1.86. The molecule has 5 heteroatoms. The third-order valence-electron chi connectivity index (χ3n) is 3.97. The number of anilines is 1. The number of nitrogens with one attached hydrogen (secondary N) is 1. The Labute approximate surface area is 128 Å². The molecular weight excluding hydrogens is 262 g/mol. The van der Waals surface area contributed by atoms with Crippen molar-refractivity contribution in [2.45, 2.75) is 32.7 Å². The van der Waals surface area contributed by atoms with Crippen molar-refractivity contribution < 1.29 is 0 Å². The molecule has 1 N–H and O–H groups in total. The molecule has 1 aliphatic rings. The fraction of sp³-hybridized carbons (Fsp3) is 0.750. The van der Waals surface area contributed by atoms with Crippen LogP contribution in [0.1, 0.15) is 31.9 Å². The first kappa shape index (κ1) is 16.2. The summed E-state index contributed by atoms with van der Waals surface area (Å²) in [7, 11) is 4.31. The third-order valence-corrected chi connectivity index (χ3v) is 3.97. The summed E-state index contributed by atoms with van der Waals surface area (Å²) >= 11 is 0. The van der Waals surface area contributed by atoms with Gasteiger partial charge in [0.1, 0.15) is 5.82 Å². The van der Waals surface area contributed by atoms with Crippen molar-refractivity contribution in [2.24, 2.45) is 5.92 Å². The van der Waals surface area contributed by atoms with Crippen molar-refractivity contribution in [1.82, 2.24) is 20.2 Å². The standard InChI is InChI=1S/C16H29N5/c1-4-7-17-10-15-11-18-12-16(19-15)21-8-5-14(6-9-21)13-20(2)3/h11-12,14,17H,4-10,13H2,1-3H3. The van der Waals surface area contributed by atoms with E-state index < -0.39 is 0 Å². The van der Waals surface area contributed by atoms with Gasteiger partial charge in [-0.05, 0) is 45.8 Å². The topological polar surface area (TPSA) is 44.3 Å². The largest absolute Gasteiger partial charge is 0.355 e. The van der Waals surface area contributed by atoms with Crippen LogP contribution in [-0.4, -0.2) is 55.1 Å². The average molecular weight is 291 g/mol. The van der Waals surface area contributed by atoms with Crippen LogP contribution in [-0.2, 0) is 6.54 Å². The lowest BCUT2D eigenvalue weighted by Crippen LogP contribution is -2.37. The van der Waals surface area contributed by atoms with E-state index in [0.717, 1.165) is 50.0 Å². The fourth-order valence-corrected chi connectivity index (χ4v) is 2.89. The van der Waals surface area contributed by atoms with E-state index in [2.05, 4.69) is 41.1 Å². The van der Waals surface area contributed by atoms with E-state index in [9.17, 15) is 0 Å². The Hall–Kier alpha value is -1.20. The summed E-state index contributed by atoms with van der Waals surface area (Å²) in [5, 5.41) is 3.38. The molecule has 5 nitrogen and oxygen atoms in total. The highest BCUT2D eigenvalue weighted by atomic mass is 15.2. The second kappa shape index (κ2) is 8.29. The summed E-state index contributed by atoms with van der Waals surface area (Å²) in [4.78, 5) is 13.8. The van der Waals surface area contributed by atoms with Crippen LogP contribution < -0.4 is 10.2 Å². The zero-order valence-electron chi connectivity index (χ0n) is 13.7. The molecule has 0 amide bonds. The predicted molar refractivity (Wildman–Crippen MR) is 87.5 cm³/mol. The van der Waals surface area contributed by atoms with E-state index in [1.807, 2.05) is 12.4 Å². The van der Waals surface area contributed by atoms with Gasteiger partial charge in [-0.3, -0.25) is 4.98 Å². The zero-order valence-corrected chi connectivity index (χ0v) is 13.7. The molecule has 0 saturated carbocycles. The maximum atomic E-state index is 4.74. The van der Waals surface area contributed by atoms with E-state index in [1.165, 1.54) is 19.4 Å². The second-order valence-corrected chi connectivity index (χ2v) is 6.24. The molecule has 0 atom stereocenters. The SMILES string of the molecule is CCCNCc1cncc(N2CCC(CN(C)C)CC2)n1. The van der Waals surface area contributed by atoms with Crippen molar-refractivity contribution in [3.05, 3.63) is 18.1 Å². The molecule has 2 rings (SSSR count). The Morgan fingerprint density at radius 3 is 2.71 bits per heavy atom. The van der Waals surface area contributed by atoms with Crippen molar-refractivity contribution in [3.63, 3.8) is 0 Å². The van der Waals surface area contributed by atoms with Gasteiger partial charge in [-0.1, -0.05) is 6.92 Å². The number of aromatic nitrogens is 2. The van der Waals surface area contributed by atoms with Gasteiger partial charge in [-0.25, -0.2) is 4.98 Å². The van der Waals surface area contributed by atoms with Crippen LogP contribution in [0.15, 0.2) is 12.4 Å². The Morgan fingerprint density at radius 1 is 1.29 bits per heavy atom. The lowest BCUT2D eigenvalue weighted by atomic mass is 9.96. The molecule has 0 aliphatic carbocycles. The normalized spacial score (nSPS) is 16.7. The minimum Gasteiger partial charge on any atom is -0.355 e. The van der Waals surface area contributed by atoms with Gasteiger partial charge < -0.3 is 15.1 Å². The maximum absolute atomic E-state index is 4.74. The highest BCUT2D eigenvalue weighted by molar-refractivity contribution is 5.36. The Kier molecular flexibility index (Phi) is 6.39. The molecule has 1 aromatic heterocycles. The number of hydrogen-bond donors (Lipinski definition) is 1. The first-order chi connectivity index (χ1) is 10.2. The molecule has 1 saturated heterocycles. The first-order valence-corrected chi connectivity index (χ1v) is 8.10. The number of nitrogens with zero attached hydrogens (tertiary/aromatic N) is 4. The van der Waals surface area contributed by atoms with Gasteiger partial charge in [0, 0.05) is 32.4 Å². The van der Waals surface area contributed by atoms with Crippen LogP contribution in [0.25, 0.3) is 0 Å². The van der Waals surface area contributed by atoms with E-state index in [1.54, 1.807) is 0 Å². The lowest BCUT2D eigenvalue weighted by molar-refractivity contribution is 0.284. The number of hydrogen-bond acceptors (Lipinski definition) is 5. The van der Waals surface area contributed by atoms with E-state index >= 15 is 0 Å². The van der Waals surface area contributed by atoms with E-state index in [4.69, 9.17) is 4.98 Å². The molecule has 1 fully saturated rings. The summed E-state index contributed by atoms with van der Waals surface area (Å²) in [6.07, 6.45) is 7.41. The summed E-state index contributed by atoms with van der Waals surface area (Å²) < 4.78 is 0. The van der Waals surface area contributed by atoms with Crippen LogP contribution in [0.2, 0.25) is 0 Å². The first-order valence-electron chi connectivity index (χ1n) is 8.10. The van der Waals surface area contributed by atoms with Crippen molar-refractivity contribution in [2.75, 3.05) is 45.2 Å². The molecule has 1 aliphatic heterocycles. The lowest BCUT2D eigenvalue weighted by Gasteiger charge is -2.33. The van der Waals surface area contributed by atoms with Crippen LogP contribution in [0.3, 0.4) is 0 Å². The van der Waals surface area contributed by atoms with Gasteiger partial charge in [0.05, 0.1) is 11.9 Å². The van der Waals surface area contributed by atoms with Gasteiger partial charge in [0.2, 0.25) is 0 Å². The number of rotatable bonds is 7. The zero-order chi connectivity index (χ0) is 15.1. The summed E-state index contributed by atoms with van der Waals surface area (Å²) in [5.74, 6) is 1.85. The van der Waals surface area contributed by atoms with Gasteiger partial charge >= 0.3 is 0 Å². The molecule has 21 heavy (non-hydrogen) atoms. The van der Waals surface area contributed by atoms with Gasteiger partial charge in [-0.15, -0.1) is 0 Å². The average Bonchev–Trinajstić information content (AvgIpc) is 2.48. The van der Waals surface area contributed by atoms with Crippen LogP contribution in [0, 0.1) is 5.92 Å². The van der Waals surface area contributed by atoms with Crippen molar-refractivity contribution >= 4 is 5.82 Å². The minimum atomic E-state index is 0.811. The molecule has 1 aromatic rings. The fourth-order valence-electron chi connectivity index (χ4n) is 2.89. The summed E-state index contributed by atoms with van der Waals surface area (Å²) in [6.45, 7) is 7.40. The van der Waals surface area contributed by atoms with E-state index in [-0.39, 0.29) is 0 Å². The monoisotopic (exact) mass is 291 g/mol. The van der Waals surface area contributed by atoms with Crippen molar-refractivity contribution in [3.8, 4) is 0 Å². The molecule has 0 aromatic carbocycles. The number of piperidine rings is 1. The molecule has 0 spiro atoms. The maximum Gasteiger partial charge on any atom is 0.147 e. The molecule has 0 unspecified atom stereocenters. The quantitative estimate of drug-likeness (QED) is 0.776. The Bertz CT molecular complexity index is 413. The second-order valence-electron chi connectivity index (χ2n) is 6.24.